The van der Waals surface area contributed by atoms with Crippen molar-refractivity contribution in [3.63, 3.8) is 0 Å². The molecule has 7 heteroatoms. The number of H-pyrrole nitrogens is 1. The lowest BCUT2D eigenvalue weighted by atomic mass is 10.2. The number of esters is 1. The molecule has 0 aliphatic heterocycles. The van der Waals surface area contributed by atoms with Gasteiger partial charge < -0.3 is 15.0 Å². The van der Waals surface area contributed by atoms with Crippen molar-refractivity contribution < 1.29 is 14.3 Å². The third-order valence-corrected chi connectivity index (χ3v) is 3.65. The van der Waals surface area contributed by atoms with Gasteiger partial charge in [-0.2, -0.15) is 0 Å². The first-order chi connectivity index (χ1) is 10.0. The number of amides is 1. The number of hydrogen-bond acceptors (Lipinski definition) is 3. The molecule has 21 heavy (non-hydrogen) atoms. The zero-order chi connectivity index (χ0) is 15.4. The van der Waals surface area contributed by atoms with E-state index in [0.29, 0.717) is 16.0 Å². The number of hydrogen-bond donors (Lipinski definition) is 2. The molecule has 1 aromatic heterocycles. The molecular formula is C14H12BrClN2O3. The van der Waals surface area contributed by atoms with E-state index in [1.54, 1.807) is 12.1 Å². The minimum Gasteiger partial charge on any atom is -0.464 e. The molecule has 1 aromatic carbocycles. The van der Waals surface area contributed by atoms with Gasteiger partial charge in [0.05, 0.1) is 7.11 Å². The first-order valence-corrected chi connectivity index (χ1v) is 7.18. The normalized spacial score (nSPS) is 10.2. The maximum Gasteiger partial charge on any atom is 0.354 e. The van der Waals surface area contributed by atoms with E-state index in [0.717, 1.165) is 5.56 Å². The van der Waals surface area contributed by atoms with Crippen LogP contribution in [-0.4, -0.2) is 24.0 Å². The smallest absolute Gasteiger partial charge is 0.354 e. The number of aromatic amines is 1. The fourth-order valence-corrected chi connectivity index (χ4v) is 2.32. The molecule has 0 unspecified atom stereocenters. The van der Waals surface area contributed by atoms with Crippen molar-refractivity contribution in [2.45, 2.75) is 6.54 Å². The number of methoxy groups -OCH3 is 1. The molecular weight excluding hydrogens is 360 g/mol. The molecule has 0 aliphatic rings. The van der Waals surface area contributed by atoms with Gasteiger partial charge in [-0.1, -0.05) is 23.7 Å². The van der Waals surface area contributed by atoms with E-state index in [1.165, 1.54) is 13.2 Å². The first kappa shape index (κ1) is 15.6. The van der Waals surface area contributed by atoms with Gasteiger partial charge in [-0.25, -0.2) is 4.79 Å². The van der Waals surface area contributed by atoms with Crippen molar-refractivity contribution in [2.24, 2.45) is 0 Å². The van der Waals surface area contributed by atoms with Crippen molar-refractivity contribution >= 4 is 39.4 Å². The van der Waals surface area contributed by atoms with Gasteiger partial charge in [0.25, 0.3) is 5.91 Å². The second kappa shape index (κ2) is 6.78. The van der Waals surface area contributed by atoms with E-state index in [-0.39, 0.29) is 17.3 Å². The molecule has 0 atom stereocenters. The molecule has 0 fully saturated rings. The highest BCUT2D eigenvalue weighted by atomic mass is 79.9. The van der Waals surface area contributed by atoms with Crippen molar-refractivity contribution in [1.82, 2.24) is 10.3 Å². The third-order valence-electron chi connectivity index (χ3n) is 2.77. The molecule has 2 N–H and O–H groups in total. The van der Waals surface area contributed by atoms with Crippen LogP contribution in [0, 0.1) is 0 Å². The molecule has 0 saturated heterocycles. The first-order valence-electron chi connectivity index (χ1n) is 6.00. The van der Waals surface area contributed by atoms with Crippen molar-refractivity contribution in [3.05, 3.63) is 56.8 Å². The molecule has 1 heterocycles. The van der Waals surface area contributed by atoms with Crippen molar-refractivity contribution in [1.29, 1.82) is 0 Å². The highest BCUT2D eigenvalue weighted by molar-refractivity contribution is 9.10. The minimum atomic E-state index is -0.535. The molecule has 0 saturated carbocycles. The van der Waals surface area contributed by atoms with Crippen molar-refractivity contribution in [3.8, 4) is 0 Å². The molecule has 5 nitrogen and oxygen atoms in total. The second-order valence-corrected chi connectivity index (χ2v) is 5.50. The number of carbonyl (C=O) groups excluding carboxylic acids is 2. The molecule has 2 rings (SSSR count). The quantitative estimate of drug-likeness (QED) is 0.811. The molecule has 1 amide bonds. The Morgan fingerprint density at radius 1 is 1.33 bits per heavy atom. The Morgan fingerprint density at radius 3 is 2.62 bits per heavy atom. The van der Waals surface area contributed by atoms with Crippen LogP contribution in [0.2, 0.25) is 5.02 Å². The Balaban J connectivity index is 2.05. The lowest BCUT2D eigenvalue weighted by molar-refractivity contribution is 0.0595. The van der Waals surface area contributed by atoms with Crippen LogP contribution in [0.3, 0.4) is 0 Å². The van der Waals surface area contributed by atoms with Crippen LogP contribution in [0.15, 0.2) is 34.8 Å². The van der Waals surface area contributed by atoms with Crippen LogP contribution in [-0.2, 0) is 11.3 Å². The number of carbonyl (C=O) groups is 2. The number of aromatic nitrogens is 1. The monoisotopic (exact) mass is 370 g/mol. The van der Waals surface area contributed by atoms with Gasteiger partial charge in [0.1, 0.15) is 11.4 Å². The maximum absolute atomic E-state index is 12.1. The summed E-state index contributed by atoms with van der Waals surface area (Å²) >= 11 is 9.03. The predicted molar refractivity (Wildman–Crippen MR) is 82.5 cm³/mol. The highest BCUT2D eigenvalue weighted by Crippen LogP contribution is 2.18. The summed E-state index contributed by atoms with van der Waals surface area (Å²) in [5.41, 5.74) is 1.40. The summed E-state index contributed by atoms with van der Waals surface area (Å²) in [6.45, 7) is 0.356. The van der Waals surface area contributed by atoms with E-state index < -0.39 is 5.97 Å². The summed E-state index contributed by atoms with van der Waals surface area (Å²) in [7, 11) is 1.28. The average Bonchev–Trinajstić information content (AvgIpc) is 2.87. The van der Waals surface area contributed by atoms with E-state index >= 15 is 0 Å². The van der Waals surface area contributed by atoms with Crippen LogP contribution in [0.1, 0.15) is 26.5 Å². The fourth-order valence-electron chi connectivity index (χ4n) is 1.69. The fraction of sp³-hybridized carbons (Fsp3) is 0.143. The summed E-state index contributed by atoms with van der Waals surface area (Å²) in [6.07, 6.45) is 0. The molecule has 0 spiro atoms. The number of nitrogens with one attached hydrogen (secondary N) is 2. The zero-order valence-electron chi connectivity index (χ0n) is 11.1. The Kier molecular flexibility index (Phi) is 5.03. The minimum absolute atomic E-state index is 0.209. The maximum atomic E-state index is 12.1. The van der Waals surface area contributed by atoms with E-state index in [1.807, 2.05) is 12.1 Å². The Morgan fingerprint density at radius 2 is 2.00 bits per heavy atom. The van der Waals surface area contributed by atoms with Crippen LogP contribution >= 0.6 is 27.5 Å². The van der Waals surface area contributed by atoms with E-state index in [2.05, 4.69) is 31.0 Å². The standard InChI is InChI=1S/C14H12BrClN2O3/c1-21-14(20)11-6-10(15)12(18-11)13(19)17-7-8-2-4-9(16)5-3-8/h2-6,18H,7H2,1H3,(H,17,19). The van der Waals surface area contributed by atoms with Crippen LogP contribution in [0.4, 0.5) is 0 Å². The zero-order valence-corrected chi connectivity index (χ0v) is 13.4. The predicted octanol–water partition coefficient (Wildman–Crippen LogP) is 3.15. The topological polar surface area (TPSA) is 71.2 Å². The summed E-state index contributed by atoms with van der Waals surface area (Å²) in [5, 5.41) is 3.39. The lowest BCUT2D eigenvalue weighted by Gasteiger charge is -2.05. The Hall–Kier alpha value is -1.79. The Labute approximate surface area is 134 Å². The van der Waals surface area contributed by atoms with E-state index in [9.17, 15) is 9.59 Å². The van der Waals surface area contributed by atoms with Gasteiger partial charge in [0.2, 0.25) is 0 Å². The number of ether oxygens (including phenoxy) is 1. The summed E-state index contributed by atoms with van der Waals surface area (Å²) in [6, 6.07) is 8.66. The second-order valence-electron chi connectivity index (χ2n) is 4.21. The van der Waals surface area contributed by atoms with Gasteiger partial charge in [0, 0.05) is 16.0 Å². The summed E-state index contributed by atoms with van der Waals surface area (Å²) in [4.78, 5) is 26.2. The summed E-state index contributed by atoms with van der Waals surface area (Å²) < 4.78 is 5.09. The van der Waals surface area contributed by atoms with Gasteiger partial charge in [0.15, 0.2) is 0 Å². The van der Waals surface area contributed by atoms with E-state index in [4.69, 9.17) is 11.6 Å². The third kappa shape index (κ3) is 3.86. The number of benzene rings is 1. The molecule has 110 valence electrons. The summed E-state index contributed by atoms with van der Waals surface area (Å²) in [5.74, 6) is -0.862. The lowest BCUT2D eigenvalue weighted by Crippen LogP contribution is -2.23. The number of halogens is 2. The Bertz CT molecular complexity index is 667. The van der Waals surface area contributed by atoms with Crippen LogP contribution in [0.5, 0.6) is 0 Å². The largest absolute Gasteiger partial charge is 0.464 e. The number of rotatable bonds is 4. The average molecular weight is 372 g/mol. The van der Waals surface area contributed by atoms with Crippen molar-refractivity contribution in [2.75, 3.05) is 7.11 Å². The van der Waals surface area contributed by atoms with Gasteiger partial charge in [-0.3, -0.25) is 4.79 Å². The highest BCUT2D eigenvalue weighted by Gasteiger charge is 2.17. The van der Waals surface area contributed by atoms with Crippen LogP contribution < -0.4 is 5.32 Å². The molecule has 2 aromatic rings. The van der Waals surface area contributed by atoms with Gasteiger partial charge >= 0.3 is 5.97 Å². The van der Waals surface area contributed by atoms with Gasteiger partial charge in [-0.15, -0.1) is 0 Å². The van der Waals surface area contributed by atoms with Gasteiger partial charge in [-0.05, 0) is 39.7 Å². The molecule has 0 radical (unpaired) electrons. The SMILES string of the molecule is COC(=O)c1cc(Br)c(C(=O)NCc2ccc(Cl)cc2)[nH]1. The molecule has 0 bridgehead atoms. The molecule has 0 aliphatic carbocycles. The van der Waals surface area contributed by atoms with Crippen LogP contribution in [0.25, 0.3) is 0 Å².